The van der Waals surface area contributed by atoms with Crippen LogP contribution >= 0.6 is 11.3 Å². The Morgan fingerprint density at radius 2 is 2.00 bits per heavy atom. The van der Waals surface area contributed by atoms with E-state index in [2.05, 4.69) is 16.9 Å². The van der Waals surface area contributed by atoms with Gasteiger partial charge in [0.2, 0.25) is 11.8 Å². The molecule has 43 heavy (non-hydrogen) atoms. The summed E-state index contributed by atoms with van der Waals surface area (Å²) < 4.78 is 20.6. The summed E-state index contributed by atoms with van der Waals surface area (Å²) in [6.07, 6.45) is 8.21. The molecule has 4 heterocycles. The molecule has 1 saturated carbocycles. The third-order valence-corrected chi connectivity index (χ3v) is 9.33. The van der Waals surface area contributed by atoms with Crippen LogP contribution in [0.2, 0.25) is 0 Å². The van der Waals surface area contributed by atoms with E-state index in [1.807, 2.05) is 19.9 Å². The Bertz CT molecular complexity index is 1680. The minimum atomic E-state index is -0.921. The van der Waals surface area contributed by atoms with Crippen LogP contribution in [0.4, 0.5) is 0 Å². The largest absolute Gasteiger partial charge is 0.496 e. The number of aryl methyl sites for hydroxylation is 1. The van der Waals surface area contributed by atoms with Gasteiger partial charge in [-0.05, 0) is 64.5 Å². The predicted molar refractivity (Wildman–Crippen MR) is 164 cm³/mol. The number of fused-ring (bicyclic) bond motifs is 1. The summed E-state index contributed by atoms with van der Waals surface area (Å²) in [5, 5.41) is 13.2. The Kier molecular flexibility index (Phi) is 9.19. The number of oxazole rings is 1. The first-order chi connectivity index (χ1) is 20.6. The zero-order chi connectivity index (χ0) is 30.8. The van der Waals surface area contributed by atoms with Crippen molar-refractivity contribution in [2.24, 2.45) is 0 Å². The topological polar surface area (TPSA) is 138 Å². The molecule has 1 saturated heterocycles. The normalized spacial score (nSPS) is 21.8. The maximum atomic E-state index is 14.3. The Hall–Kier alpha value is -3.74. The molecule has 0 aromatic carbocycles. The summed E-state index contributed by atoms with van der Waals surface area (Å²) in [6, 6.07) is -0.921. The number of ether oxygens (including phenoxy) is 2. The lowest BCUT2D eigenvalue weighted by Crippen LogP contribution is -2.45. The van der Waals surface area contributed by atoms with E-state index in [1.54, 1.807) is 20.1 Å². The van der Waals surface area contributed by atoms with Gasteiger partial charge in [0.05, 0.1) is 42.3 Å². The molecular formula is C31H38N4O7S. The molecule has 2 fully saturated rings. The fourth-order valence-electron chi connectivity index (χ4n) is 5.91. The summed E-state index contributed by atoms with van der Waals surface area (Å²) in [5.74, 6) is 0.477. The number of hydrogen-bond donors (Lipinski definition) is 2. The molecule has 0 spiro atoms. The number of rotatable bonds is 10. The lowest BCUT2D eigenvalue weighted by atomic mass is 9.94. The van der Waals surface area contributed by atoms with Gasteiger partial charge in [0.15, 0.2) is 0 Å². The molecule has 1 aliphatic heterocycles. The van der Waals surface area contributed by atoms with Crippen molar-refractivity contribution in [2.75, 3.05) is 13.7 Å². The number of methoxy groups -OCH3 is 1. The summed E-state index contributed by atoms with van der Waals surface area (Å²) >= 11 is 1.24. The minimum Gasteiger partial charge on any atom is -0.496 e. The van der Waals surface area contributed by atoms with Gasteiger partial charge >= 0.3 is 5.69 Å². The van der Waals surface area contributed by atoms with Gasteiger partial charge in [-0.1, -0.05) is 18.2 Å². The molecule has 230 valence electrons. The van der Waals surface area contributed by atoms with Gasteiger partial charge in [-0.15, -0.1) is 11.3 Å². The number of amides is 1. The van der Waals surface area contributed by atoms with Gasteiger partial charge in [0.25, 0.3) is 5.56 Å². The number of nitrogens with zero attached hydrogens (tertiary/aromatic N) is 3. The predicted octanol–water partition coefficient (Wildman–Crippen LogP) is 3.99. The van der Waals surface area contributed by atoms with Gasteiger partial charge in [-0.2, -0.15) is 0 Å². The first kappa shape index (κ1) is 30.7. The fraction of sp³-hybridized carbons (Fsp3) is 0.484. The molecule has 0 bridgehead atoms. The highest BCUT2D eigenvalue weighted by atomic mass is 32.1. The highest BCUT2D eigenvalue weighted by Gasteiger charge is 2.34. The van der Waals surface area contributed by atoms with Crippen LogP contribution in [0.5, 0.6) is 0 Å². The molecule has 1 amide bonds. The monoisotopic (exact) mass is 610 g/mol. The quantitative estimate of drug-likeness (QED) is 0.260. The number of aliphatic hydroxyl groups excluding tert-OH is 1. The number of hydrogen-bond acceptors (Lipinski definition) is 9. The second-order valence-corrected chi connectivity index (χ2v) is 12.2. The van der Waals surface area contributed by atoms with Crippen molar-refractivity contribution in [3.8, 4) is 10.8 Å². The van der Waals surface area contributed by atoms with Gasteiger partial charge in [0, 0.05) is 12.1 Å². The van der Waals surface area contributed by atoms with Crippen LogP contribution in [-0.4, -0.2) is 57.1 Å². The van der Waals surface area contributed by atoms with Crippen molar-refractivity contribution >= 4 is 27.5 Å². The molecule has 11 nitrogen and oxygen atoms in total. The zero-order valence-electron chi connectivity index (χ0n) is 24.9. The Labute approximate surface area is 253 Å². The fourth-order valence-corrected chi connectivity index (χ4v) is 7.16. The molecule has 3 aromatic rings. The van der Waals surface area contributed by atoms with Crippen LogP contribution in [0, 0.1) is 6.92 Å². The molecule has 12 heteroatoms. The number of carbonyl (C=O) groups is 1. The number of aromatic nitrogens is 3. The smallest absolute Gasteiger partial charge is 0.332 e. The summed E-state index contributed by atoms with van der Waals surface area (Å²) in [4.78, 5) is 46.4. The van der Waals surface area contributed by atoms with Crippen LogP contribution in [0.1, 0.15) is 57.6 Å². The van der Waals surface area contributed by atoms with E-state index < -0.39 is 23.4 Å². The van der Waals surface area contributed by atoms with Crippen molar-refractivity contribution in [3.05, 3.63) is 74.5 Å². The Morgan fingerprint density at radius 1 is 1.26 bits per heavy atom. The Balaban J connectivity index is 1.74. The number of allylic oxidation sites excluding steroid dienone is 2. The van der Waals surface area contributed by atoms with E-state index in [1.165, 1.54) is 28.4 Å². The van der Waals surface area contributed by atoms with E-state index in [4.69, 9.17) is 13.9 Å². The van der Waals surface area contributed by atoms with Crippen LogP contribution in [-0.2, 0) is 20.8 Å². The van der Waals surface area contributed by atoms with Crippen LogP contribution in [0.3, 0.4) is 0 Å². The van der Waals surface area contributed by atoms with Crippen LogP contribution in [0.25, 0.3) is 21.0 Å². The van der Waals surface area contributed by atoms with Crippen molar-refractivity contribution in [3.63, 3.8) is 0 Å². The summed E-state index contributed by atoms with van der Waals surface area (Å²) in [5.41, 5.74) is 1.19. The second-order valence-electron chi connectivity index (χ2n) is 11.2. The average molecular weight is 611 g/mol. The highest BCUT2D eigenvalue weighted by molar-refractivity contribution is 7.22. The lowest BCUT2D eigenvalue weighted by molar-refractivity contribution is -0.122. The van der Waals surface area contributed by atoms with Crippen molar-refractivity contribution in [2.45, 2.75) is 83.8 Å². The first-order valence-electron chi connectivity index (χ1n) is 14.5. The SMILES string of the molecule is C=C/C(OC)=C(\C=C(C)C)[C@H](Cn1c(=O)n([C@@H]2CCNC2=O)c(=O)c2c(C)c(-c3ncco3)sc21)O[C@H]1CC[C@@H](O)CC1. The van der Waals surface area contributed by atoms with E-state index in [0.717, 1.165) is 10.1 Å². The molecule has 2 atom stereocenters. The zero-order valence-corrected chi connectivity index (χ0v) is 25.7. The first-order valence-corrected chi connectivity index (χ1v) is 15.3. The van der Waals surface area contributed by atoms with Gasteiger partial charge < -0.3 is 24.3 Å². The number of carbonyl (C=O) groups excluding carboxylic acids is 1. The maximum absolute atomic E-state index is 14.3. The van der Waals surface area contributed by atoms with Gasteiger partial charge in [-0.25, -0.2) is 14.3 Å². The molecule has 2 N–H and O–H groups in total. The van der Waals surface area contributed by atoms with E-state index in [-0.39, 0.29) is 24.7 Å². The maximum Gasteiger partial charge on any atom is 0.332 e. The standard InChI is InChI=1S/C31H38N4O7S/c1-6-23(40-5)21(15-17(2)3)24(42-20-9-7-19(36)8-10-20)16-34-30-25(18(4)26(43-30)28-33-13-14-41-28)29(38)35(31(34)39)22-11-12-32-27(22)37/h6,13-15,19-20,22,24,36H,1,7-12,16H2,2-5H3,(H,32,37)/b23-21-/t19-,20+,22-,24+/m1/s1. The van der Waals surface area contributed by atoms with E-state index in [0.29, 0.717) is 76.5 Å². The van der Waals surface area contributed by atoms with Crippen LogP contribution < -0.4 is 16.6 Å². The van der Waals surface area contributed by atoms with Crippen molar-refractivity contribution in [1.82, 2.24) is 19.4 Å². The molecule has 3 aromatic heterocycles. The molecular weight excluding hydrogens is 572 g/mol. The highest BCUT2D eigenvalue weighted by Crippen LogP contribution is 2.36. The second kappa shape index (κ2) is 12.9. The molecule has 5 rings (SSSR count). The van der Waals surface area contributed by atoms with E-state index in [9.17, 15) is 19.5 Å². The van der Waals surface area contributed by atoms with Crippen molar-refractivity contribution in [1.29, 1.82) is 0 Å². The molecule has 2 aliphatic rings. The van der Waals surface area contributed by atoms with Crippen molar-refractivity contribution < 1.29 is 23.8 Å². The number of aliphatic hydroxyl groups is 1. The summed E-state index contributed by atoms with van der Waals surface area (Å²) in [7, 11) is 1.55. The summed E-state index contributed by atoms with van der Waals surface area (Å²) in [6.45, 7) is 10.1. The van der Waals surface area contributed by atoms with E-state index >= 15 is 0 Å². The third-order valence-electron chi connectivity index (χ3n) is 8.03. The third kappa shape index (κ3) is 6.04. The van der Waals surface area contributed by atoms with Gasteiger partial charge in [0.1, 0.15) is 29.0 Å². The minimum absolute atomic E-state index is 0.0355. The molecule has 0 radical (unpaired) electrons. The van der Waals surface area contributed by atoms with Crippen LogP contribution in [0.15, 0.2) is 62.1 Å². The average Bonchev–Trinajstić information content (AvgIpc) is 3.73. The number of nitrogens with one attached hydrogen (secondary N) is 1. The number of thiophene rings is 1. The lowest BCUT2D eigenvalue weighted by Gasteiger charge is -2.31. The van der Waals surface area contributed by atoms with Gasteiger partial charge in [-0.3, -0.25) is 14.2 Å². The Morgan fingerprint density at radius 3 is 2.58 bits per heavy atom. The molecule has 1 aliphatic carbocycles. The molecule has 0 unspecified atom stereocenters.